The molecule has 1 fully saturated rings. The molecule has 1 aromatic rings. The first kappa shape index (κ1) is 15.2. The number of anilines is 1. The molecule has 0 radical (unpaired) electrons. The van der Waals surface area contributed by atoms with Gasteiger partial charge >= 0.3 is 12.0 Å². The predicted molar refractivity (Wildman–Crippen MR) is 73.6 cm³/mol. The van der Waals surface area contributed by atoms with Crippen molar-refractivity contribution < 1.29 is 23.8 Å². The minimum Gasteiger partial charge on any atom is -0.481 e. The van der Waals surface area contributed by atoms with Crippen LogP contribution in [0.4, 0.5) is 14.9 Å². The van der Waals surface area contributed by atoms with Crippen LogP contribution in [0.15, 0.2) is 18.2 Å². The number of rotatable bonds is 3. The molecule has 0 bridgehead atoms. The lowest BCUT2D eigenvalue weighted by Gasteiger charge is -2.25. The minimum absolute atomic E-state index is 0.0198. The lowest BCUT2D eigenvalue weighted by molar-refractivity contribution is -0.148. The summed E-state index contributed by atoms with van der Waals surface area (Å²) in [6.45, 7) is 3.29. The fourth-order valence-corrected chi connectivity index (χ4v) is 2.18. The third kappa shape index (κ3) is 2.97. The van der Waals surface area contributed by atoms with E-state index in [9.17, 15) is 19.1 Å². The van der Waals surface area contributed by atoms with Crippen molar-refractivity contribution >= 4 is 17.7 Å². The third-order valence-electron chi connectivity index (χ3n) is 3.71. The zero-order chi connectivity index (χ0) is 15.6. The molecule has 0 spiro atoms. The SMILES string of the molecule is Cc1cccc(F)c1NC(=O)NC1COCC1(C)C(=O)O. The number of aryl methyl sites for hydroxylation is 1. The highest BCUT2D eigenvalue weighted by atomic mass is 19.1. The van der Waals surface area contributed by atoms with Gasteiger partial charge in [0.25, 0.3) is 0 Å². The summed E-state index contributed by atoms with van der Waals surface area (Å²) < 4.78 is 18.8. The monoisotopic (exact) mass is 296 g/mol. The molecule has 1 heterocycles. The van der Waals surface area contributed by atoms with E-state index in [4.69, 9.17) is 4.74 Å². The van der Waals surface area contributed by atoms with Gasteiger partial charge in [-0.05, 0) is 25.5 Å². The molecule has 3 N–H and O–H groups in total. The van der Waals surface area contributed by atoms with Gasteiger partial charge in [0.1, 0.15) is 11.2 Å². The van der Waals surface area contributed by atoms with Crippen molar-refractivity contribution in [3.63, 3.8) is 0 Å². The number of ether oxygens (including phenoxy) is 1. The number of carbonyl (C=O) groups is 2. The molecule has 0 aliphatic carbocycles. The first-order chi connectivity index (χ1) is 9.84. The smallest absolute Gasteiger partial charge is 0.319 e. The Bertz CT molecular complexity index is 558. The Balaban J connectivity index is 2.07. The molecule has 6 nitrogen and oxygen atoms in total. The molecule has 1 aromatic carbocycles. The lowest BCUT2D eigenvalue weighted by Crippen LogP contribution is -2.50. The largest absolute Gasteiger partial charge is 0.481 e. The quantitative estimate of drug-likeness (QED) is 0.793. The van der Waals surface area contributed by atoms with Crippen molar-refractivity contribution in [2.24, 2.45) is 5.41 Å². The van der Waals surface area contributed by atoms with Crippen LogP contribution in [0.3, 0.4) is 0 Å². The van der Waals surface area contributed by atoms with Crippen molar-refractivity contribution in [1.29, 1.82) is 0 Å². The number of para-hydroxylation sites is 1. The van der Waals surface area contributed by atoms with Crippen molar-refractivity contribution in [2.45, 2.75) is 19.9 Å². The molecule has 1 saturated heterocycles. The van der Waals surface area contributed by atoms with Crippen LogP contribution in [0.25, 0.3) is 0 Å². The van der Waals surface area contributed by atoms with E-state index in [2.05, 4.69) is 10.6 Å². The number of hydrogen-bond donors (Lipinski definition) is 3. The number of hydrogen-bond acceptors (Lipinski definition) is 3. The van der Waals surface area contributed by atoms with Gasteiger partial charge < -0.3 is 20.5 Å². The average Bonchev–Trinajstić information content (AvgIpc) is 2.77. The summed E-state index contributed by atoms with van der Waals surface area (Å²) in [6, 6.07) is 3.11. The number of carboxylic acid groups (broad SMARTS) is 1. The summed E-state index contributed by atoms with van der Waals surface area (Å²) >= 11 is 0. The highest BCUT2D eigenvalue weighted by molar-refractivity contribution is 5.91. The number of nitrogens with one attached hydrogen (secondary N) is 2. The van der Waals surface area contributed by atoms with Crippen molar-refractivity contribution in [3.05, 3.63) is 29.6 Å². The van der Waals surface area contributed by atoms with Gasteiger partial charge in [-0.25, -0.2) is 9.18 Å². The molecular weight excluding hydrogens is 279 g/mol. The fourth-order valence-electron chi connectivity index (χ4n) is 2.18. The molecule has 7 heteroatoms. The molecule has 0 saturated carbocycles. The number of carbonyl (C=O) groups excluding carboxylic acids is 1. The van der Waals surface area contributed by atoms with Crippen molar-refractivity contribution in [3.8, 4) is 0 Å². The summed E-state index contributed by atoms with van der Waals surface area (Å²) in [5.74, 6) is -1.60. The Labute approximate surface area is 121 Å². The number of carboxylic acids is 1. The van der Waals surface area contributed by atoms with Crippen LogP contribution in [0, 0.1) is 18.2 Å². The Hall–Kier alpha value is -2.15. The lowest BCUT2D eigenvalue weighted by atomic mass is 9.85. The summed E-state index contributed by atoms with van der Waals surface area (Å²) in [5.41, 5.74) is -0.540. The van der Waals surface area contributed by atoms with E-state index in [0.29, 0.717) is 5.56 Å². The van der Waals surface area contributed by atoms with E-state index >= 15 is 0 Å². The molecule has 2 unspecified atom stereocenters. The number of benzene rings is 1. The van der Waals surface area contributed by atoms with E-state index in [1.54, 1.807) is 19.1 Å². The Morgan fingerprint density at radius 2 is 2.19 bits per heavy atom. The highest BCUT2D eigenvalue weighted by Gasteiger charge is 2.47. The number of halogens is 1. The normalized spacial score (nSPS) is 24.6. The van der Waals surface area contributed by atoms with Gasteiger partial charge in [-0.15, -0.1) is 0 Å². The third-order valence-corrected chi connectivity index (χ3v) is 3.71. The van der Waals surface area contributed by atoms with Crippen LogP contribution in [0.2, 0.25) is 0 Å². The second-order valence-electron chi connectivity index (χ2n) is 5.32. The number of aliphatic carboxylic acids is 1. The van der Waals surface area contributed by atoms with Gasteiger partial charge in [0.05, 0.1) is 24.9 Å². The fraction of sp³-hybridized carbons (Fsp3) is 0.429. The van der Waals surface area contributed by atoms with E-state index in [0.717, 1.165) is 0 Å². The van der Waals surface area contributed by atoms with Crippen molar-refractivity contribution in [1.82, 2.24) is 5.32 Å². The molecule has 114 valence electrons. The van der Waals surface area contributed by atoms with E-state index in [-0.39, 0.29) is 18.9 Å². The van der Waals surface area contributed by atoms with Crippen LogP contribution in [-0.4, -0.2) is 36.4 Å². The van der Waals surface area contributed by atoms with Gasteiger partial charge in [0.2, 0.25) is 0 Å². The van der Waals surface area contributed by atoms with E-state index < -0.39 is 29.3 Å². The number of urea groups is 1. The second kappa shape index (κ2) is 5.69. The van der Waals surface area contributed by atoms with Crippen LogP contribution in [-0.2, 0) is 9.53 Å². The first-order valence-corrected chi connectivity index (χ1v) is 6.48. The Morgan fingerprint density at radius 3 is 2.81 bits per heavy atom. The second-order valence-corrected chi connectivity index (χ2v) is 5.32. The van der Waals surface area contributed by atoms with Crippen LogP contribution in [0.1, 0.15) is 12.5 Å². The Kier molecular flexibility index (Phi) is 4.13. The first-order valence-electron chi connectivity index (χ1n) is 6.48. The molecule has 1 aliphatic rings. The van der Waals surface area contributed by atoms with Crippen LogP contribution < -0.4 is 10.6 Å². The molecule has 0 aromatic heterocycles. The average molecular weight is 296 g/mol. The maximum atomic E-state index is 13.6. The summed E-state index contributed by atoms with van der Waals surface area (Å²) in [6.07, 6.45) is 0. The Morgan fingerprint density at radius 1 is 1.48 bits per heavy atom. The van der Waals surface area contributed by atoms with Gasteiger partial charge in [0, 0.05) is 0 Å². The zero-order valence-corrected chi connectivity index (χ0v) is 11.8. The molecule has 1 aliphatic heterocycles. The van der Waals surface area contributed by atoms with E-state index in [1.807, 2.05) is 0 Å². The molecule has 2 rings (SSSR count). The molecule has 2 atom stereocenters. The van der Waals surface area contributed by atoms with E-state index in [1.165, 1.54) is 13.0 Å². The van der Waals surface area contributed by atoms with Crippen LogP contribution >= 0.6 is 0 Å². The van der Waals surface area contributed by atoms with Gasteiger partial charge in [0.15, 0.2) is 0 Å². The highest BCUT2D eigenvalue weighted by Crippen LogP contribution is 2.29. The summed E-state index contributed by atoms with van der Waals surface area (Å²) in [7, 11) is 0. The number of amides is 2. The predicted octanol–water partition coefficient (Wildman–Crippen LogP) is 1.75. The molecule has 2 amide bonds. The standard InChI is InChI=1S/C14H17FN2O4/c1-8-4-3-5-9(15)11(8)17-13(20)16-10-6-21-7-14(10,2)12(18)19/h3-5,10H,6-7H2,1-2H3,(H,18,19)(H2,16,17,20). The summed E-state index contributed by atoms with van der Waals surface area (Å²) in [4.78, 5) is 23.2. The maximum Gasteiger partial charge on any atom is 0.319 e. The zero-order valence-electron chi connectivity index (χ0n) is 11.8. The maximum absolute atomic E-state index is 13.6. The van der Waals surface area contributed by atoms with Gasteiger partial charge in [-0.1, -0.05) is 12.1 Å². The minimum atomic E-state index is -1.19. The van der Waals surface area contributed by atoms with Gasteiger partial charge in [-0.2, -0.15) is 0 Å². The van der Waals surface area contributed by atoms with Crippen molar-refractivity contribution in [2.75, 3.05) is 18.5 Å². The summed E-state index contributed by atoms with van der Waals surface area (Å²) in [5, 5.41) is 14.2. The van der Waals surface area contributed by atoms with Crippen LogP contribution in [0.5, 0.6) is 0 Å². The molecular formula is C14H17FN2O4. The topological polar surface area (TPSA) is 87.7 Å². The van der Waals surface area contributed by atoms with Gasteiger partial charge in [-0.3, -0.25) is 4.79 Å². The molecule has 21 heavy (non-hydrogen) atoms.